The van der Waals surface area contributed by atoms with E-state index in [2.05, 4.69) is 5.32 Å². The second-order valence-corrected chi connectivity index (χ2v) is 11.9. The predicted octanol–water partition coefficient (Wildman–Crippen LogP) is 3.29. The monoisotopic (exact) mass is 527 g/mol. The van der Waals surface area contributed by atoms with Gasteiger partial charge in [0.1, 0.15) is 11.6 Å². The maximum atomic E-state index is 13.5. The highest BCUT2D eigenvalue weighted by Crippen LogP contribution is 2.30. The largest absolute Gasteiger partial charge is 0.444 e. The van der Waals surface area contributed by atoms with E-state index in [0.29, 0.717) is 38.8 Å². The molecule has 208 valence electrons. The SMILES string of the molecule is CC(C)(C)OC(=O)N1CCC[C@H]1C(=O)N1CCC[C@H]1C(=O)CC(C)(C)C(=O)NCC(=O)Cc1ccccc1. The van der Waals surface area contributed by atoms with Crippen molar-refractivity contribution >= 4 is 29.5 Å². The fourth-order valence-electron chi connectivity index (χ4n) is 5.06. The van der Waals surface area contributed by atoms with Gasteiger partial charge in [0.05, 0.1) is 18.0 Å². The molecule has 0 spiro atoms. The highest BCUT2D eigenvalue weighted by Gasteiger charge is 2.44. The molecule has 38 heavy (non-hydrogen) atoms. The molecule has 2 atom stereocenters. The summed E-state index contributed by atoms with van der Waals surface area (Å²) in [5.74, 6) is -0.924. The molecule has 0 radical (unpaired) electrons. The van der Waals surface area contributed by atoms with Crippen molar-refractivity contribution in [1.29, 1.82) is 0 Å². The van der Waals surface area contributed by atoms with E-state index in [1.807, 2.05) is 30.3 Å². The molecule has 0 aliphatic carbocycles. The van der Waals surface area contributed by atoms with E-state index in [1.54, 1.807) is 39.5 Å². The van der Waals surface area contributed by atoms with Gasteiger partial charge in [0.15, 0.2) is 11.6 Å². The first-order chi connectivity index (χ1) is 17.8. The number of rotatable bonds is 9. The minimum absolute atomic E-state index is 0.0550. The molecule has 0 aromatic heterocycles. The van der Waals surface area contributed by atoms with Gasteiger partial charge in [-0.05, 0) is 52.0 Å². The van der Waals surface area contributed by atoms with Crippen molar-refractivity contribution in [3.05, 3.63) is 35.9 Å². The van der Waals surface area contributed by atoms with E-state index in [0.717, 1.165) is 5.56 Å². The first-order valence-corrected chi connectivity index (χ1v) is 13.5. The topological polar surface area (TPSA) is 113 Å². The van der Waals surface area contributed by atoms with Crippen LogP contribution >= 0.6 is 0 Å². The average Bonchev–Trinajstić information content (AvgIpc) is 3.51. The Morgan fingerprint density at radius 1 is 0.895 bits per heavy atom. The Bertz CT molecular complexity index is 1050. The van der Waals surface area contributed by atoms with Gasteiger partial charge in [0.25, 0.3) is 0 Å². The molecule has 1 aromatic rings. The molecule has 2 heterocycles. The summed E-state index contributed by atoms with van der Waals surface area (Å²) in [6, 6.07) is 8.02. The van der Waals surface area contributed by atoms with Gasteiger partial charge in [-0.3, -0.25) is 24.1 Å². The third kappa shape index (κ3) is 7.65. The summed E-state index contributed by atoms with van der Waals surface area (Å²) in [6.45, 7) is 9.46. The molecule has 0 unspecified atom stereocenters. The normalized spacial score (nSPS) is 19.8. The van der Waals surface area contributed by atoms with Crippen molar-refractivity contribution in [1.82, 2.24) is 15.1 Å². The number of Topliss-reactive ketones (excluding diaryl/α,β-unsaturated/α-hetero) is 2. The zero-order valence-electron chi connectivity index (χ0n) is 23.2. The van der Waals surface area contributed by atoms with Crippen LogP contribution in [0.25, 0.3) is 0 Å². The number of nitrogens with one attached hydrogen (secondary N) is 1. The van der Waals surface area contributed by atoms with Crippen molar-refractivity contribution in [2.75, 3.05) is 19.6 Å². The van der Waals surface area contributed by atoms with Crippen LogP contribution in [-0.4, -0.2) is 76.6 Å². The zero-order valence-corrected chi connectivity index (χ0v) is 23.2. The molecule has 1 aromatic carbocycles. The fraction of sp³-hybridized carbons (Fsp3) is 0.621. The summed E-state index contributed by atoms with van der Waals surface area (Å²) in [4.78, 5) is 67.7. The zero-order chi connectivity index (χ0) is 28.1. The van der Waals surface area contributed by atoms with Crippen LogP contribution < -0.4 is 5.32 Å². The van der Waals surface area contributed by atoms with Crippen molar-refractivity contribution < 1.29 is 28.7 Å². The van der Waals surface area contributed by atoms with Crippen molar-refractivity contribution in [2.24, 2.45) is 5.41 Å². The maximum absolute atomic E-state index is 13.5. The lowest BCUT2D eigenvalue weighted by molar-refractivity contribution is -0.143. The molecule has 9 nitrogen and oxygen atoms in total. The number of amides is 3. The summed E-state index contributed by atoms with van der Waals surface area (Å²) >= 11 is 0. The van der Waals surface area contributed by atoms with Gasteiger partial charge in [-0.25, -0.2) is 4.79 Å². The Hall–Kier alpha value is -3.23. The van der Waals surface area contributed by atoms with E-state index in [4.69, 9.17) is 4.74 Å². The summed E-state index contributed by atoms with van der Waals surface area (Å²) in [5, 5.41) is 2.68. The Balaban J connectivity index is 1.57. The molecule has 9 heteroatoms. The molecule has 2 aliphatic rings. The number of hydrogen-bond acceptors (Lipinski definition) is 6. The number of hydrogen-bond donors (Lipinski definition) is 1. The Labute approximate surface area is 225 Å². The van der Waals surface area contributed by atoms with Crippen LogP contribution in [0, 0.1) is 5.41 Å². The van der Waals surface area contributed by atoms with Crippen LogP contribution in [0.15, 0.2) is 30.3 Å². The van der Waals surface area contributed by atoms with Gasteiger partial charge in [-0.2, -0.15) is 0 Å². The first kappa shape index (κ1) is 29.3. The number of likely N-dealkylation sites (tertiary alicyclic amines) is 2. The number of carbonyl (C=O) groups is 5. The lowest BCUT2D eigenvalue weighted by Gasteiger charge is -2.33. The summed E-state index contributed by atoms with van der Waals surface area (Å²) in [6.07, 6.45) is 2.08. The molecular formula is C29H41N3O6. The van der Waals surface area contributed by atoms with E-state index in [1.165, 1.54) is 4.90 Å². The molecule has 0 bridgehead atoms. The van der Waals surface area contributed by atoms with Crippen LogP contribution in [0.3, 0.4) is 0 Å². The molecule has 2 aliphatic heterocycles. The standard InChI is InChI=1S/C29H41N3O6/c1-28(2,3)38-27(37)32-16-10-14-23(32)25(35)31-15-9-13-22(31)24(34)18-29(4,5)26(36)30-19-21(33)17-20-11-7-6-8-12-20/h6-8,11-12,22-23H,9-10,13-19H2,1-5H3,(H,30,36)/t22-,23-/m0/s1. The van der Waals surface area contributed by atoms with Gasteiger partial charge < -0.3 is 15.0 Å². The Morgan fingerprint density at radius 3 is 2.13 bits per heavy atom. The van der Waals surface area contributed by atoms with E-state index in [-0.39, 0.29) is 42.8 Å². The minimum Gasteiger partial charge on any atom is -0.444 e. The maximum Gasteiger partial charge on any atom is 0.410 e. The number of nitrogens with zero attached hydrogens (tertiary/aromatic N) is 2. The third-order valence-corrected chi connectivity index (χ3v) is 6.99. The van der Waals surface area contributed by atoms with Crippen molar-refractivity contribution in [2.45, 2.75) is 90.8 Å². The third-order valence-electron chi connectivity index (χ3n) is 6.99. The van der Waals surface area contributed by atoms with Crippen molar-refractivity contribution in [3.63, 3.8) is 0 Å². The molecule has 2 saturated heterocycles. The first-order valence-electron chi connectivity index (χ1n) is 13.5. The minimum atomic E-state index is -1.04. The fourth-order valence-corrected chi connectivity index (χ4v) is 5.06. The van der Waals surface area contributed by atoms with Gasteiger partial charge in [-0.1, -0.05) is 44.2 Å². The van der Waals surface area contributed by atoms with Gasteiger partial charge in [-0.15, -0.1) is 0 Å². The smallest absolute Gasteiger partial charge is 0.410 e. The van der Waals surface area contributed by atoms with Crippen LogP contribution in [0.1, 0.15) is 72.3 Å². The van der Waals surface area contributed by atoms with Crippen molar-refractivity contribution in [3.8, 4) is 0 Å². The molecule has 3 amide bonds. The number of ketones is 2. The van der Waals surface area contributed by atoms with E-state index < -0.39 is 29.2 Å². The predicted molar refractivity (Wildman–Crippen MR) is 142 cm³/mol. The van der Waals surface area contributed by atoms with Crippen LogP contribution in [0.2, 0.25) is 0 Å². The molecular weight excluding hydrogens is 486 g/mol. The summed E-state index contributed by atoms with van der Waals surface area (Å²) in [7, 11) is 0. The number of ether oxygens (including phenoxy) is 1. The molecule has 1 N–H and O–H groups in total. The molecule has 0 saturated carbocycles. The number of benzene rings is 1. The van der Waals surface area contributed by atoms with E-state index in [9.17, 15) is 24.0 Å². The van der Waals surface area contributed by atoms with Gasteiger partial charge >= 0.3 is 6.09 Å². The van der Waals surface area contributed by atoms with Gasteiger partial charge in [0, 0.05) is 25.9 Å². The van der Waals surface area contributed by atoms with Crippen LogP contribution in [-0.2, 0) is 30.3 Å². The highest BCUT2D eigenvalue weighted by atomic mass is 16.6. The molecule has 2 fully saturated rings. The van der Waals surface area contributed by atoms with Crippen LogP contribution in [0.5, 0.6) is 0 Å². The second-order valence-electron chi connectivity index (χ2n) is 11.9. The number of carbonyl (C=O) groups excluding carboxylic acids is 5. The Morgan fingerprint density at radius 2 is 1.50 bits per heavy atom. The lowest BCUT2D eigenvalue weighted by atomic mass is 9.84. The quantitative estimate of drug-likeness (QED) is 0.527. The second kappa shape index (κ2) is 12.1. The summed E-state index contributed by atoms with van der Waals surface area (Å²) in [5.41, 5.74) is -0.839. The van der Waals surface area contributed by atoms with Gasteiger partial charge in [0.2, 0.25) is 11.8 Å². The Kier molecular flexibility index (Phi) is 9.33. The highest BCUT2D eigenvalue weighted by molar-refractivity contribution is 5.96. The molecule has 3 rings (SSSR count). The average molecular weight is 528 g/mol. The lowest BCUT2D eigenvalue weighted by Crippen LogP contribution is -2.52. The van der Waals surface area contributed by atoms with E-state index >= 15 is 0 Å². The summed E-state index contributed by atoms with van der Waals surface area (Å²) < 4.78 is 5.49. The van der Waals surface area contributed by atoms with Crippen LogP contribution in [0.4, 0.5) is 4.79 Å².